The first-order valence-corrected chi connectivity index (χ1v) is 8.76. The SMILES string of the molecule is CN1c2ccc(C#Cc3ccc(C(F)(F)F)cc3)cc2C(=O)CC1CCC#N. The van der Waals surface area contributed by atoms with E-state index in [0.717, 1.165) is 17.8 Å². The lowest BCUT2D eigenvalue weighted by molar-refractivity contribution is -0.137. The molecule has 1 aliphatic rings. The number of benzene rings is 2. The standard InChI is InChI=1S/C22H17F3N2O/c1-27-18(3-2-12-26)14-21(28)19-13-16(8-11-20(19)27)5-4-15-6-9-17(10-7-15)22(23,24)25/h6-11,13,18H,2-3,14H2,1H3. The normalized spacial score (nSPS) is 16.0. The van der Waals surface area contributed by atoms with Crippen molar-refractivity contribution in [2.45, 2.75) is 31.5 Å². The van der Waals surface area contributed by atoms with Crippen molar-refractivity contribution in [2.24, 2.45) is 0 Å². The molecule has 0 amide bonds. The summed E-state index contributed by atoms with van der Waals surface area (Å²) in [6.07, 6.45) is -3.00. The number of alkyl halides is 3. The van der Waals surface area contributed by atoms with Gasteiger partial charge in [0, 0.05) is 48.3 Å². The maximum absolute atomic E-state index is 12.6. The van der Waals surface area contributed by atoms with Crippen LogP contribution in [0.5, 0.6) is 0 Å². The first kappa shape index (κ1) is 19.5. The molecule has 142 valence electrons. The third kappa shape index (κ3) is 4.18. The highest BCUT2D eigenvalue weighted by Gasteiger charge is 2.30. The molecule has 1 unspecified atom stereocenters. The Bertz CT molecular complexity index is 992. The van der Waals surface area contributed by atoms with Crippen LogP contribution >= 0.6 is 0 Å². The van der Waals surface area contributed by atoms with Gasteiger partial charge in [-0.2, -0.15) is 18.4 Å². The fraction of sp³-hybridized carbons (Fsp3) is 0.273. The van der Waals surface area contributed by atoms with Gasteiger partial charge in [0.05, 0.1) is 11.6 Å². The number of nitrogens with zero attached hydrogens (tertiary/aromatic N) is 2. The minimum atomic E-state index is -4.37. The van der Waals surface area contributed by atoms with Crippen molar-refractivity contribution in [3.05, 3.63) is 64.7 Å². The zero-order valence-electron chi connectivity index (χ0n) is 15.2. The Kier molecular flexibility index (Phi) is 5.42. The van der Waals surface area contributed by atoms with E-state index in [9.17, 15) is 18.0 Å². The first-order valence-electron chi connectivity index (χ1n) is 8.76. The molecule has 0 fully saturated rings. The number of carbonyl (C=O) groups is 1. The molecule has 1 heterocycles. The monoisotopic (exact) mass is 382 g/mol. The Morgan fingerprint density at radius 3 is 2.39 bits per heavy atom. The zero-order chi connectivity index (χ0) is 20.3. The fourth-order valence-electron chi connectivity index (χ4n) is 3.22. The Balaban J connectivity index is 1.82. The van der Waals surface area contributed by atoms with Gasteiger partial charge in [-0.1, -0.05) is 11.8 Å². The van der Waals surface area contributed by atoms with Crippen molar-refractivity contribution in [1.82, 2.24) is 0 Å². The van der Waals surface area contributed by atoms with E-state index in [1.165, 1.54) is 12.1 Å². The Morgan fingerprint density at radius 1 is 1.11 bits per heavy atom. The molecule has 6 heteroatoms. The number of hydrogen-bond acceptors (Lipinski definition) is 3. The van der Waals surface area contributed by atoms with E-state index >= 15 is 0 Å². The van der Waals surface area contributed by atoms with Gasteiger partial charge < -0.3 is 4.90 Å². The summed E-state index contributed by atoms with van der Waals surface area (Å²) in [4.78, 5) is 14.5. The molecule has 1 atom stereocenters. The molecule has 0 aromatic heterocycles. The predicted octanol–water partition coefficient (Wildman–Crippen LogP) is 4.80. The van der Waals surface area contributed by atoms with Gasteiger partial charge in [0.15, 0.2) is 5.78 Å². The highest BCUT2D eigenvalue weighted by Crippen LogP contribution is 2.32. The summed E-state index contributed by atoms with van der Waals surface area (Å²) in [5.74, 6) is 5.74. The van der Waals surface area contributed by atoms with Crippen molar-refractivity contribution < 1.29 is 18.0 Å². The molecule has 28 heavy (non-hydrogen) atoms. The molecule has 0 radical (unpaired) electrons. The Hall–Kier alpha value is -3.25. The molecule has 0 bridgehead atoms. The number of nitriles is 1. The third-order valence-corrected chi connectivity index (χ3v) is 4.80. The summed E-state index contributed by atoms with van der Waals surface area (Å²) in [6, 6.07) is 12.1. The predicted molar refractivity (Wildman–Crippen MR) is 99.9 cm³/mol. The van der Waals surface area contributed by atoms with Crippen LogP contribution in [-0.2, 0) is 6.18 Å². The zero-order valence-corrected chi connectivity index (χ0v) is 15.2. The molecule has 0 spiro atoms. The maximum Gasteiger partial charge on any atom is 0.416 e. The van der Waals surface area contributed by atoms with Crippen LogP contribution in [0.1, 0.15) is 46.3 Å². The van der Waals surface area contributed by atoms with Gasteiger partial charge in [-0.15, -0.1) is 0 Å². The van der Waals surface area contributed by atoms with E-state index in [1.807, 2.05) is 18.0 Å². The lowest BCUT2D eigenvalue weighted by Gasteiger charge is -2.35. The van der Waals surface area contributed by atoms with Crippen molar-refractivity contribution in [3.8, 4) is 17.9 Å². The number of ketones is 1. The molecule has 2 aromatic carbocycles. The fourth-order valence-corrected chi connectivity index (χ4v) is 3.22. The van der Waals surface area contributed by atoms with Gasteiger partial charge in [0.25, 0.3) is 0 Å². The topological polar surface area (TPSA) is 44.1 Å². The number of carbonyl (C=O) groups excluding carboxylic acids is 1. The highest BCUT2D eigenvalue weighted by atomic mass is 19.4. The van der Waals surface area contributed by atoms with Crippen molar-refractivity contribution >= 4 is 11.5 Å². The van der Waals surface area contributed by atoms with Gasteiger partial charge >= 0.3 is 6.18 Å². The average molecular weight is 382 g/mol. The van der Waals surface area contributed by atoms with Crippen molar-refractivity contribution in [3.63, 3.8) is 0 Å². The second-order valence-electron chi connectivity index (χ2n) is 6.65. The molecule has 2 aromatic rings. The molecule has 0 aliphatic carbocycles. The summed E-state index contributed by atoms with van der Waals surface area (Å²) in [7, 11) is 1.90. The second-order valence-corrected chi connectivity index (χ2v) is 6.65. The van der Waals surface area contributed by atoms with Gasteiger partial charge in [-0.25, -0.2) is 0 Å². The third-order valence-electron chi connectivity index (χ3n) is 4.80. The van der Waals surface area contributed by atoms with Crippen LogP contribution in [0.15, 0.2) is 42.5 Å². The first-order chi connectivity index (χ1) is 13.3. The number of anilines is 1. The molecule has 0 N–H and O–H groups in total. The van der Waals surface area contributed by atoms with E-state index in [0.29, 0.717) is 36.0 Å². The molecular weight excluding hydrogens is 365 g/mol. The highest BCUT2D eigenvalue weighted by molar-refractivity contribution is 6.04. The molecule has 0 saturated heterocycles. The molecule has 0 saturated carbocycles. The van der Waals surface area contributed by atoms with Gasteiger partial charge in [-0.3, -0.25) is 4.79 Å². The minimum Gasteiger partial charge on any atom is -0.371 e. The summed E-state index contributed by atoms with van der Waals surface area (Å²) >= 11 is 0. The van der Waals surface area contributed by atoms with Crippen LogP contribution in [-0.4, -0.2) is 18.9 Å². The largest absolute Gasteiger partial charge is 0.416 e. The Labute approximate surface area is 161 Å². The molecule has 1 aliphatic heterocycles. The summed E-state index contributed by atoms with van der Waals surface area (Å²) < 4.78 is 37.8. The molecule has 3 nitrogen and oxygen atoms in total. The van der Waals surface area contributed by atoms with Crippen LogP contribution < -0.4 is 4.90 Å². The number of hydrogen-bond donors (Lipinski definition) is 0. The summed E-state index contributed by atoms with van der Waals surface area (Å²) in [5.41, 5.74) is 1.75. The van der Waals surface area contributed by atoms with Crippen LogP contribution in [0.25, 0.3) is 0 Å². The van der Waals surface area contributed by atoms with Crippen LogP contribution in [0.3, 0.4) is 0 Å². The van der Waals surface area contributed by atoms with Crippen LogP contribution in [0.4, 0.5) is 18.9 Å². The van der Waals surface area contributed by atoms with Crippen molar-refractivity contribution in [1.29, 1.82) is 5.26 Å². The number of Topliss-reactive ketones (excluding diaryl/α,β-unsaturated/α-hetero) is 1. The Morgan fingerprint density at radius 2 is 1.75 bits per heavy atom. The van der Waals surface area contributed by atoms with Gasteiger partial charge in [0.2, 0.25) is 0 Å². The molecule has 3 rings (SSSR count). The smallest absolute Gasteiger partial charge is 0.371 e. The maximum atomic E-state index is 12.6. The number of halogens is 3. The van der Waals surface area contributed by atoms with E-state index in [2.05, 4.69) is 17.9 Å². The lowest BCUT2D eigenvalue weighted by Crippen LogP contribution is -2.38. The molecular formula is C22H17F3N2O. The summed E-state index contributed by atoms with van der Waals surface area (Å²) in [6.45, 7) is 0. The number of rotatable bonds is 2. The van der Waals surface area contributed by atoms with Crippen LogP contribution in [0, 0.1) is 23.2 Å². The van der Waals surface area contributed by atoms with Crippen molar-refractivity contribution in [2.75, 3.05) is 11.9 Å². The summed E-state index contributed by atoms with van der Waals surface area (Å²) in [5, 5.41) is 8.76. The van der Waals surface area contributed by atoms with E-state index < -0.39 is 11.7 Å². The van der Waals surface area contributed by atoms with E-state index in [1.54, 1.807) is 12.1 Å². The average Bonchev–Trinajstić information content (AvgIpc) is 2.67. The van der Waals surface area contributed by atoms with E-state index in [4.69, 9.17) is 5.26 Å². The lowest BCUT2D eigenvalue weighted by atomic mass is 9.91. The second kappa shape index (κ2) is 7.78. The number of fused-ring (bicyclic) bond motifs is 1. The van der Waals surface area contributed by atoms with Crippen LogP contribution in [0.2, 0.25) is 0 Å². The minimum absolute atomic E-state index is 0.00346. The van der Waals surface area contributed by atoms with Gasteiger partial charge in [-0.05, 0) is 48.9 Å². The van der Waals surface area contributed by atoms with Gasteiger partial charge in [0.1, 0.15) is 0 Å². The van der Waals surface area contributed by atoms with E-state index in [-0.39, 0.29) is 11.8 Å². The quantitative estimate of drug-likeness (QED) is 0.701.